The van der Waals surface area contributed by atoms with Crippen LogP contribution >= 0.6 is 0 Å². The van der Waals surface area contributed by atoms with Crippen LogP contribution in [0.3, 0.4) is 0 Å². The maximum Gasteiger partial charge on any atom is 0.238 e. The van der Waals surface area contributed by atoms with Crippen LogP contribution in [0.5, 0.6) is 0 Å². The minimum Gasteiger partial charge on any atom is -0.356 e. The first kappa shape index (κ1) is 12.6. The fourth-order valence-electron chi connectivity index (χ4n) is 3.23. The molecule has 3 aliphatic rings. The van der Waals surface area contributed by atoms with Crippen LogP contribution in [0.15, 0.2) is 0 Å². The molecule has 6 nitrogen and oxygen atoms in total. The molecule has 0 bridgehead atoms. The third-order valence-electron chi connectivity index (χ3n) is 4.48. The Balaban J connectivity index is 1.52. The zero-order valence-corrected chi connectivity index (χ0v) is 10.7. The largest absolute Gasteiger partial charge is 0.356 e. The van der Waals surface area contributed by atoms with Gasteiger partial charge in [-0.3, -0.25) is 9.59 Å². The molecule has 2 amide bonds. The van der Waals surface area contributed by atoms with Crippen LogP contribution in [0.25, 0.3) is 0 Å². The van der Waals surface area contributed by atoms with Crippen LogP contribution in [-0.2, 0) is 14.4 Å². The molecule has 3 fully saturated rings. The summed E-state index contributed by atoms with van der Waals surface area (Å²) in [5.41, 5.74) is 0. The molecule has 3 rings (SSSR count). The summed E-state index contributed by atoms with van der Waals surface area (Å²) in [6, 6.07) is -0.703. The van der Waals surface area contributed by atoms with E-state index in [0.29, 0.717) is 24.8 Å². The summed E-state index contributed by atoms with van der Waals surface area (Å²) in [6.07, 6.45) is 3.00. The van der Waals surface area contributed by atoms with E-state index in [2.05, 4.69) is 16.0 Å². The van der Waals surface area contributed by atoms with Gasteiger partial charge in [-0.2, -0.15) is 0 Å². The Morgan fingerprint density at radius 2 is 2.37 bits per heavy atom. The molecule has 1 aliphatic carbocycles. The number of carbonyl (C=O) groups excluding carboxylic acids is 3. The van der Waals surface area contributed by atoms with Gasteiger partial charge < -0.3 is 20.7 Å². The van der Waals surface area contributed by atoms with E-state index >= 15 is 0 Å². The van der Waals surface area contributed by atoms with E-state index in [1.54, 1.807) is 0 Å². The molecule has 2 heterocycles. The number of carbonyl (C=O) groups is 3. The standard InChI is InChI=1S/C13H19N3O3/c17-6-9(3-7-1-2-14-12(7)18)16-13(19)11-10-4-8(10)5-15-11/h6-11,15H,1-5H2,(H,14,18)(H,16,19)/t7-,8?,9-,10?,11?/m0/s1. The Labute approximate surface area is 111 Å². The van der Waals surface area contributed by atoms with Crippen molar-refractivity contribution in [3.05, 3.63) is 0 Å². The molecule has 0 radical (unpaired) electrons. The lowest BCUT2D eigenvalue weighted by atomic mass is 9.99. The molecule has 19 heavy (non-hydrogen) atoms. The third-order valence-corrected chi connectivity index (χ3v) is 4.48. The number of nitrogens with one attached hydrogen (secondary N) is 3. The zero-order chi connectivity index (χ0) is 13.4. The Morgan fingerprint density at radius 3 is 2.89 bits per heavy atom. The van der Waals surface area contributed by atoms with Gasteiger partial charge in [0.05, 0.1) is 12.1 Å². The van der Waals surface area contributed by atoms with Crippen molar-refractivity contribution in [2.24, 2.45) is 17.8 Å². The molecule has 5 atom stereocenters. The van der Waals surface area contributed by atoms with Crippen LogP contribution in [0, 0.1) is 17.8 Å². The fraction of sp³-hybridized carbons (Fsp3) is 0.769. The SMILES string of the molecule is O=C[C@H](C[C@@H]1CCNC1=O)NC(=O)C1NCC2CC21. The van der Waals surface area contributed by atoms with Gasteiger partial charge in [-0.1, -0.05) is 0 Å². The molecule has 2 aliphatic heterocycles. The molecule has 0 aromatic rings. The lowest BCUT2D eigenvalue weighted by Crippen LogP contribution is -2.48. The Bertz CT molecular complexity index is 412. The van der Waals surface area contributed by atoms with E-state index in [1.807, 2.05) is 0 Å². The van der Waals surface area contributed by atoms with Gasteiger partial charge in [0.1, 0.15) is 6.29 Å². The first-order chi connectivity index (χ1) is 9.19. The Hall–Kier alpha value is -1.43. The fourth-order valence-corrected chi connectivity index (χ4v) is 3.23. The van der Waals surface area contributed by atoms with Gasteiger partial charge in [-0.05, 0) is 37.6 Å². The van der Waals surface area contributed by atoms with E-state index in [0.717, 1.165) is 25.7 Å². The van der Waals surface area contributed by atoms with Gasteiger partial charge in [0, 0.05) is 12.5 Å². The molecular formula is C13H19N3O3. The van der Waals surface area contributed by atoms with Gasteiger partial charge in [-0.15, -0.1) is 0 Å². The Kier molecular flexibility index (Phi) is 3.26. The van der Waals surface area contributed by atoms with Gasteiger partial charge in [0.15, 0.2) is 0 Å². The Morgan fingerprint density at radius 1 is 1.53 bits per heavy atom. The van der Waals surface area contributed by atoms with E-state index in [9.17, 15) is 14.4 Å². The number of amides is 2. The number of aldehydes is 1. The van der Waals surface area contributed by atoms with Crippen molar-refractivity contribution in [2.45, 2.75) is 31.3 Å². The van der Waals surface area contributed by atoms with E-state index in [-0.39, 0.29) is 23.8 Å². The molecule has 2 saturated heterocycles. The van der Waals surface area contributed by atoms with Crippen LogP contribution in [-0.4, -0.2) is 43.3 Å². The summed E-state index contributed by atoms with van der Waals surface area (Å²) in [5, 5.41) is 8.69. The highest BCUT2D eigenvalue weighted by Crippen LogP contribution is 2.45. The normalized spacial score (nSPS) is 37.4. The first-order valence-electron chi connectivity index (χ1n) is 6.96. The second-order valence-corrected chi connectivity index (χ2v) is 5.81. The van der Waals surface area contributed by atoms with Gasteiger partial charge in [-0.25, -0.2) is 0 Å². The lowest BCUT2D eigenvalue weighted by molar-refractivity contribution is -0.127. The summed E-state index contributed by atoms with van der Waals surface area (Å²) in [5.74, 6) is 0.830. The average Bonchev–Trinajstić information content (AvgIpc) is 2.87. The number of hydrogen-bond donors (Lipinski definition) is 3. The van der Waals surface area contributed by atoms with Crippen LogP contribution in [0.2, 0.25) is 0 Å². The third kappa shape index (κ3) is 2.49. The number of rotatable bonds is 5. The number of fused-ring (bicyclic) bond motifs is 1. The molecule has 0 aromatic carbocycles. The number of piperidine rings is 1. The first-order valence-corrected chi connectivity index (χ1v) is 6.96. The minimum atomic E-state index is -0.555. The molecule has 0 aromatic heterocycles. The van der Waals surface area contributed by atoms with Crippen molar-refractivity contribution < 1.29 is 14.4 Å². The molecule has 6 heteroatoms. The van der Waals surface area contributed by atoms with Crippen molar-refractivity contribution in [2.75, 3.05) is 13.1 Å². The van der Waals surface area contributed by atoms with Crippen molar-refractivity contribution in [3.8, 4) is 0 Å². The van der Waals surface area contributed by atoms with Gasteiger partial charge >= 0.3 is 0 Å². The summed E-state index contributed by atoms with van der Waals surface area (Å²) >= 11 is 0. The zero-order valence-electron chi connectivity index (χ0n) is 10.7. The molecule has 0 spiro atoms. The number of hydrogen-bond acceptors (Lipinski definition) is 4. The summed E-state index contributed by atoms with van der Waals surface area (Å²) in [4.78, 5) is 34.6. The minimum absolute atomic E-state index is 0.0117. The monoisotopic (exact) mass is 265 g/mol. The quantitative estimate of drug-likeness (QED) is 0.545. The topological polar surface area (TPSA) is 87.3 Å². The van der Waals surface area contributed by atoms with Crippen LogP contribution < -0.4 is 16.0 Å². The summed E-state index contributed by atoms with van der Waals surface area (Å²) in [6.45, 7) is 1.57. The summed E-state index contributed by atoms with van der Waals surface area (Å²) in [7, 11) is 0. The summed E-state index contributed by atoms with van der Waals surface area (Å²) < 4.78 is 0. The maximum absolute atomic E-state index is 12.1. The second kappa shape index (κ2) is 4.92. The van der Waals surface area contributed by atoms with E-state index in [4.69, 9.17) is 0 Å². The molecule has 1 saturated carbocycles. The predicted molar refractivity (Wildman–Crippen MR) is 67.1 cm³/mol. The maximum atomic E-state index is 12.1. The van der Waals surface area contributed by atoms with E-state index in [1.165, 1.54) is 0 Å². The highest BCUT2D eigenvalue weighted by Gasteiger charge is 2.51. The van der Waals surface area contributed by atoms with Crippen molar-refractivity contribution >= 4 is 18.1 Å². The highest BCUT2D eigenvalue weighted by molar-refractivity contribution is 5.86. The molecule has 104 valence electrons. The van der Waals surface area contributed by atoms with Crippen LogP contribution in [0.1, 0.15) is 19.3 Å². The molecule has 3 unspecified atom stereocenters. The molecular weight excluding hydrogens is 246 g/mol. The molecule has 3 N–H and O–H groups in total. The predicted octanol–water partition coefficient (Wildman–Crippen LogP) is -1.20. The smallest absolute Gasteiger partial charge is 0.238 e. The van der Waals surface area contributed by atoms with Crippen molar-refractivity contribution in [1.82, 2.24) is 16.0 Å². The van der Waals surface area contributed by atoms with Crippen LogP contribution in [0.4, 0.5) is 0 Å². The van der Waals surface area contributed by atoms with E-state index < -0.39 is 6.04 Å². The van der Waals surface area contributed by atoms with Crippen molar-refractivity contribution in [3.63, 3.8) is 0 Å². The lowest BCUT2D eigenvalue weighted by Gasteiger charge is -2.19. The average molecular weight is 265 g/mol. The highest BCUT2D eigenvalue weighted by atomic mass is 16.2. The second-order valence-electron chi connectivity index (χ2n) is 5.81. The van der Waals surface area contributed by atoms with Crippen molar-refractivity contribution in [1.29, 1.82) is 0 Å². The van der Waals surface area contributed by atoms with Gasteiger partial charge in [0.2, 0.25) is 11.8 Å². The van der Waals surface area contributed by atoms with Gasteiger partial charge in [0.25, 0.3) is 0 Å².